The third kappa shape index (κ3) is 7.45. The van der Waals surface area contributed by atoms with Crippen LogP contribution in [0.1, 0.15) is 67.7 Å². The van der Waals surface area contributed by atoms with E-state index in [1.807, 2.05) is 39.0 Å². The third-order valence-electron chi connectivity index (χ3n) is 6.73. The van der Waals surface area contributed by atoms with Gasteiger partial charge in [0, 0.05) is 31.3 Å². The van der Waals surface area contributed by atoms with Gasteiger partial charge in [-0.2, -0.15) is 0 Å². The second-order valence-corrected chi connectivity index (χ2v) is 9.59. The van der Waals surface area contributed by atoms with Crippen molar-refractivity contribution in [3.63, 3.8) is 0 Å². The molecule has 176 valence electrons. The number of rotatable bonds is 11. The fourth-order valence-electron chi connectivity index (χ4n) is 4.49. The van der Waals surface area contributed by atoms with E-state index in [9.17, 15) is 15.3 Å². The largest absolute Gasteiger partial charge is 0.393 e. The quantitative estimate of drug-likeness (QED) is 0.433. The Kier molecular flexibility index (Phi) is 11.8. The van der Waals surface area contributed by atoms with Crippen LogP contribution >= 0.6 is 0 Å². The van der Waals surface area contributed by atoms with E-state index in [0.29, 0.717) is 6.42 Å². The molecule has 0 amide bonds. The average Bonchev–Trinajstić information content (AvgIpc) is 2.70. The fourth-order valence-corrected chi connectivity index (χ4v) is 4.49. The summed E-state index contributed by atoms with van der Waals surface area (Å²) < 4.78 is 11.8. The van der Waals surface area contributed by atoms with Crippen LogP contribution in [0, 0.1) is 23.7 Å². The SMILES string of the molecule is CCC/C(C)=C/C=C/[C@H](OC)[C@H](O)[C@@H](C)[C@@H](O)[C@H](C)[C@H]1C[C@@H](O)[C@H](C)[C@@H](C(C)C)O1. The first-order valence-electron chi connectivity index (χ1n) is 11.6. The van der Waals surface area contributed by atoms with E-state index in [0.717, 1.165) is 12.8 Å². The Hall–Kier alpha value is -0.720. The van der Waals surface area contributed by atoms with Crippen LogP contribution in [0.3, 0.4) is 0 Å². The molecule has 5 heteroatoms. The second-order valence-electron chi connectivity index (χ2n) is 9.59. The Labute approximate surface area is 184 Å². The zero-order valence-corrected chi connectivity index (χ0v) is 20.3. The Morgan fingerprint density at radius 3 is 2.33 bits per heavy atom. The molecule has 1 aliphatic heterocycles. The van der Waals surface area contributed by atoms with Gasteiger partial charge in [0.1, 0.15) is 6.10 Å². The molecule has 3 N–H and O–H groups in total. The lowest BCUT2D eigenvalue weighted by atomic mass is 9.78. The van der Waals surface area contributed by atoms with Gasteiger partial charge in [-0.05, 0) is 19.3 Å². The molecule has 1 fully saturated rings. The van der Waals surface area contributed by atoms with Gasteiger partial charge < -0.3 is 24.8 Å². The highest BCUT2D eigenvalue weighted by molar-refractivity contribution is 5.12. The van der Waals surface area contributed by atoms with Crippen LogP contribution in [0.5, 0.6) is 0 Å². The van der Waals surface area contributed by atoms with Gasteiger partial charge in [-0.3, -0.25) is 0 Å². The molecule has 0 spiro atoms. The number of allylic oxidation sites excluding steroid dienone is 3. The first-order chi connectivity index (χ1) is 14.0. The van der Waals surface area contributed by atoms with Crippen molar-refractivity contribution in [2.45, 2.75) is 104 Å². The van der Waals surface area contributed by atoms with Crippen molar-refractivity contribution >= 4 is 0 Å². The molecule has 5 nitrogen and oxygen atoms in total. The van der Waals surface area contributed by atoms with Crippen LogP contribution in [-0.4, -0.2) is 59.1 Å². The zero-order valence-electron chi connectivity index (χ0n) is 20.3. The Morgan fingerprint density at radius 2 is 1.80 bits per heavy atom. The number of ether oxygens (including phenoxy) is 2. The zero-order chi connectivity index (χ0) is 23.0. The molecule has 0 aromatic carbocycles. The monoisotopic (exact) mass is 426 g/mol. The normalized spacial score (nSPS) is 31.0. The molecule has 0 saturated carbocycles. The van der Waals surface area contributed by atoms with Crippen LogP contribution in [0.2, 0.25) is 0 Å². The maximum absolute atomic E-state index is 11.0. The lowest BCUT2D eigenvalue weighted by Crippen LogP contribution is -2.51. The van der Waals surface area contributed by atoms with Crippen molar-refractivity contribution < 1.29 is 24.8 Å². The minimum absolute atomic E-state index is 0.0403. The molecule has 1 aliphatic rings. The summed E-state index contributed by atoms with van der Waals surface area (Å²) >= 11 is 0. The summed E-state index contributed by atoms with van der Waals surface area (Å²) in [4.78, 5) is 0. The Balaban J connectivity index is 2.81. The standard InChI is InChI=1S/C25H46O5/c1-9-11-16(4)12-10-13-21(29-8)24(28)19(7)23(27)18(6)22-14-20(26)17(5)25(30-22)15(2)3/h10,12-13,15,17-28H,9,11,14H2,1-8H3/b13-10+,16-12+/t17-,18+,19-,20+,21-,22+,23-,24+,25+/m0/s1. The van der Waals surface area contributed by atoms with E-state index in [-0.39, 0.29) is 30.0 Å². The number of aliphatic hydroxyl groups is 3. The maximum atomic E-state index is 11.0. The molecule has 9 atom stereocenters. The molecule has 0 radical (unpaired) electrons. The van der Waals surface area contributed by atoms with Gasteiger partial charge in [0.25, 0.3) is 0 Å². The van der Waals surface area contributed by atoms with Gasteiger partial charge in [-0.1, -0.05) is 71.8 Å². The second kappa shape index (κ2) is 13.0. The van der Waals surface area contributed by atoms with E-state index >= 15 is 0 Å². The number of hydrogen-bond donors (Lipinski definition) is 3. The molecule has 1 saturated heterocycles. The van der Waals surface area contributed by atoms with Gasteiger partial charge in [0.2, 0.25) is 0 Å². The van der Waals surface area contributed by atoms with Crippen LogP contribution < -0.4 is 0 Å². The first kappa shape index (κ1) is 27.3. The fraction of sp³-hybridized carbons (Fsp3) is 0.840. The summed E-state index contributed by atoms with van der Waals surface area (Å²) in [6, 6.07) is 0. The number of hydrogen-bond acceptors (Lipinski definition) is 5. The molecule has 1 heterocycles. The lowest BCUT2D eigenvalue weighted by molar-refractivity contribution is -0.180. The van der Waals surface area contributed by atoms with E-state index < -0.39 is 30.3 Å². The molecule has 1 rings (SSSR count). The van der Waals surface area contributed by atoms with Gasteiger partial charge in [-0.15, -0.1) is 0 Å². The minimum atomic E-state index is -0.850. The topological polar surface area (TPSA) is 79.2 Å². The molecular formula is C25H46O5. The molecule has 0 aromatic heterocycles. The molecule has 0 bridgehead atoms. The Morgan fingerprint density at radius 1 is 1.17 bits per heavy atom. The summed E-state index contributed by atoms with van der Waals surface area (Å²) in [6.45, 7) is 14.2. The highest BCUT2D eigenvalue weighted by Gasteiger charge is 2.42. The molecule has 0 unspecified atom stereocenters. The van der Waals surface area contributed by atoms with Crippen molar-refractivity contribution in [3.05, 3.63) is 23.8 Å². The van der Waals surface area contributed by atoms with Crippen molar-refractivity contribution in [3.8, 4) is 0 Å². The Bertz CT molecular complexity index is 544. The number of methoxy groups -OCH3 is 1. The van der Waals surface area contributed by atoms with Gasteiger partial charge in [-0.25, -0.2) is 0 Å². The lowest BCUT2D eigenvalue weighted by Gasteiger charge is -2.44. The highest BCUT2D eigenvalue weighted by Crippen LogP contribution is 2.35. The average molecular weight is 427 g/mol. The van der Waals surface area contributed by atoms with Crippen LogP contribution in [0.25, 0.3) is 0 Å². The molecular weight excluding hydrogens is 380 g/mol. The van der Waals surface area contributed by atoms with Gasteiger partial charge >= 0.3 is 0 Å². The minimum Gasteiger partial charge on any atom is -0.393 e. The van der Waals surface area contributed by atoms with Crippen LogP contribution in [-0.2, 0) is 9.47 Å². The molecule has 0 aromatic rings. The molecule has 30 heavy (non-hydrogen) atoms. The van der Waals surface area contributed by atoms with E-state index in [1.54, 1.807) is 7.11 Å². The first-order valence-corrected chi connectivity index (χ1v) is 11.6. The summed E-state index contributed by atoms with van der Waals surface area (Å²) in [6.07, 6.45) is 5.58. The van der Waals surface area contributed by atoms with Crippen LogP contribution in [0.4, 0.5) is 0 Å². The highest BCUT2D eigenvalue weighted by atomic mass is 16.5. The van der Waals surface area contributed by atoms with Crippen molar-refractivity contribution in [1.29, 1.82) is 0 Å². The van der Waals surface area contributed by atoms with Crippen molar-refractivity contribution in [2.24, 2.45) is 23.7 Å². The van der Waals surface area contributed by atoms with E-state index in [2.05, 4.69) is 27.7 Å². The van der Waals surface area contributed by atoms with E-state index in [1.165, 1.54) is 5.57 Å². The summed E-state index contributed by atoms with van der Waals surface area (Å²) in [5, 5.41) is 32.4. The number of aliphatic hydroxyl groups excluding tert-OH is 3. The predicted molar refractivity (Wildman–Crippen MR) is 122 cm³/mol. The van der Waals surface area contributed by atoms with Gasteiger partial charge in [0.15, 0.2) is 0 Å². The summed E-state index contributed by atoms with van der Waals surface area (Å²) in [7, 11) is 1.57. The summed E-state index contributed by atoms with van der Waals surface area (Å²) in [5.41, 5.74) is 1.28. The third-order valence-corrected chi connectivity index (χ3v) is 6.73. The van der Waals surface area contributed by atoms with E-state index in [4.69, 9.17) is 9.47 Å². The van der Waals surface area contributed by atoms with Crippen molar-refractivity contribution in [2.75, 3.05) is 7.11 Å². The summed E-state index contributed by atoms with van der Waals surface area (Å²) in [5.74, 6) is -0.267. The van der Waals surface area contributed by atoms with Crippen molar-refractivity contribution in [1.82, 2.24) is 0 Å². The van der Waals surface area contributed by atoms with Crippen LogP contribution in [0.15, 0.2) is 23.8 Å². The maximum Gasteiger partial charge on any atom is 0.102 e. The molecule has 0 aliphatic carbocycles. The predicted octanol–water partition coefficient (Wildman–Crippen LogP) is 4.11. The smallest absolute Gasteiger partial charge is 0.102 e. The van der Waals surface area contributed by atoms with Gasteiger partial charge in [0.05, 0.1) is 30.5 Å².